The topological polar surface area (TPSA) is 41.1 Å². The highest BCUT2D eigenvalue weighted by Crippen LogP contribution is 2.27. The SMILES string of the molecule is N#CSc1ccc2c(-c3ccccc3)nccn12. The van der Waals surface area contributed by atoms with Crippen molar-refractivity contribution in [2.45, 2.75) is 5.03 Å². The van der Waals surface area contributed by atoms with E-state index in [-0.39, 0.29) is 0 Å². The van der Waals surface area contributed by atoms with Crippen LogP contribution in [0.15, 0.2) is 59.9 Å². The van der Waals surface area contributed by atoms with E-state index < -0.39 is 0 Å². The van der Waals surface area contributed by atoms with Crippen molar-refractivity contribution < 1.29 is 0 Å². The zero-order valence-corrected chi connectivity index (χ0v) is 10.3. The first-order valence-corrected chi connectivity index (χ1v) is 6.29. The van der Waals surface area contributed by atoms with Gasteiger partial charge in [0.1, 0.15) is 5.40 Å². The van der Waals surface area contributed by atoms with E-state index in [0.717, 1.165) is 33.6 Å². The van der Waals surface area contributed by atoms with E-state index >= 15 is 0 Å². The van der Waals surface area contributed by atoms with E-state index in [1.165, 1.54) is 0 Å². The number of aromatic nitrogens is 2. The fourth-order valence-electron chi connectivity index (χ4n) is 1.97. The Balaban J connectivity index is 2.23. The molecule has 1 aromatic carbocycles. The smallest absolute Gasteiger partial charge is 0.140 e. The van der Waals surface area contributed by atoms with Gasteiger partial charge in [-0.2, -0.15) is 5.26 Å². The molecule has 86 valence electrons. The van der Waals surface area contributed by atoms with Gasteiger partial charge in [-0.25, -0.2) is 0 Å². The second-order valence-electron chi connectivity index (χ2n) is 3.76. The van der Waals surface area contributed by atoms with E-state index in [9.17, 15) is 0 Å². The van der Waals surface area contributed by atoms with E-state index in [2.05, 4.69) is 10.4 Å². The van der Waals surface area contributed by atoms with E-state index in [1.807, 2.05) is 53.1 Å². The van der Waals surface area contributed by atoms with Gasteiger partial charge in [0, 0.05) is 29.7 Å². The van der Waals surface area contributed by atoms with Crippen molar-refractivity contribution >= 4 is 17.3 Å². The number of hydrogen-bond donors (Lipinski definition) is 0. The minimum atomic E-state index is 0.909. The first kappa shape index (κ1) is 10.9. The maximum Gasteiger partial charge on any atom is 0.140 e. The molecule has 0 fully saturated rings. The molecule has 18 heavy (non-hydrogen) atoms. The number of thioether (sulfide) groups is 1. The summed E-state index contributed by atoms with van der Waals surface area (Å²) in [5.74, 6) is 0. The lowest BCUT2D eigenvalue weighted by atomic mass is 10.1. The molecule has 3 nitrogen and oxygen atoms in total. The van der Waals surface area contributed by atoms with Crippen molar-refractivity contribution in [2.75, 3.05) is 0 Å². The van der Waals surface area contributed by atoms with Gasteiger partial charge >= 0.3 is 0 Å². The van der Waals surface area contributed by atoms with Crippen LogP contribution in [0.25, 0.3) is 16.8 Å². The molecule has 3 aromatic rings. The summed E-state index contributed by atoms with van der Waals surface area (Å²) in [5.41, 5.74) is 3.03. The average Bonchev–Trinajstić information content (AvgIpc) is 2.84. The molecule has 3 rings (SSSR count). The van der Waals surface area contributed by atoms with E-state index in [0.29, 0.717) is 0 Å². The molecule has 0 aliphatic heterocycles. The minimum Gasteiger partial charge on any atom is -0.307 e. The number of nitriles is 1. The lowest BCUT2D eigenvalue weighted by molar-refractivity contribution is 1.03. The fourth-order valence-corrected chi connectivity index (χ4v) is 2.45. The second-order valence-corrected chi connectivity index (χ2v) is 4.57. The fraction of sp³-hybridized carbons (Fsp3) is 0. The molecular weight excluding hydrogens is 242 g/mol. The van der Waals surface area contributed by atoms with Crippen LogP contribution in [0, 0.1) is 10.7 Å². The molecule has 0 spiro atoms. The van der Waals surface area contributed by atoms with Gasteiger partial charge in [0.05, 0.1) is 16.2 Å². The molecule has 2 aromatic heterocycles. The third kappa shape index (κ3) is 1.75. The Labute approximate surface area is 109 Å². The zero-order chi connectivity index (χ0) is 12.4. The number of benzene rings is 1. The van der Waals surface area contributed by atoms with Crippen LogP contribution in [0.1, 0.15) is 0 Å². The zero-order valence-electron chi connectivity index (χ0n) is 9.45. The largest absolute Gasteiger partial charge is 0.307 e. The maximum absolute atomic E-state index is 8.77. The molecule has 0 aliphatic rings. The number of hydrogen-bond acceptors (Lipinski definition) is 3. The van der Waals surface area contributed by atoms with E-state index in [4.69, 9.17) is 5.26 Å². The minimum absolute atomic E-state index is 0.909. The number of thiocyanates is 1. The summed E-state index contributed by atoms with van der Waals surface area (Å²) in [4.78, 5) is 4.44. The molecule has 0 atom stereocenters. The maximum atomic E-state index is 8.77. The Morgan fingerprint density at radius 1 is 1.11 bits per heavy atom. The highest BCUT2D eigenvalue weighted by Gasteiger charge is 2.08. The van der Waals surface area contributed by atoms with Crippen molar-refractivity contribution in [3.05, 3.63) is 54.9 Å². The number of fused-ring (bicyclic) bond motifs is 1. The number of nitrogens with zero attached hydrogens (tertiary/aromatic N) is 3. The molecule has 0 unspecified atom stereocenters. The quantitative estimate of drug-likeness (QED) is 0.516. The highest BCUT2D eigenvalue weighted by molar-refractivity contribution is 8.03. The molecule has 0 N–H and O–H groups in total. The van der Waals surface area contributed by atoms with Crippen LogP contribution in [0.2, 0.25) is 0 Å². The number of rotatable bonds is 2. The lowest BCUT2D eigenvalue weighted by Gasteiger charge is -2.04. The summed E-state index contributed by atoms with van der Waals surface area (Å²) in [5, 5.41) is 11.8. The molecule has 4 heteroatoms. The van der Waals surface area contributed by atoms with Crippen LogP contribution in [-0.2, 0) is 0 Å². The van der Waals surface area contributed by atoms with Gasteiger partial charge in [0.2, 0.25) is 0 Å². The van der Waals surface area contributed by atoms with Crippen LogP contribution >= 0.6 is 11.8 Å². The molecule has 0 amide bonds. The van der Waals surface area contributed by atoms with Gasteiger partial charge < -0.3 is 4.40 Å². The van der Waals surface area contributed by atoms with Crippen LogP contribution in [0.5, 0.6) is 0 Å². The lowest BCUT2D eigenvalue weighted by Crippen LogP contribution is -1.91. The third-order valence-corrected chi connectivity index (χ3v) is 3.37. The van der Waals surface area contributed by atoms with Gasteiger partial charge in [-0.3, -0.25) is 4.98 Å². The third-order valence-electron chi connectivity index (χ3n) is 2.74. The molecule has 2 heterocycles. The molecule has 0 saturated carbocycles. The summed E-state index contributed by atoms with van der Waals surface area (Å²) in [6, 6.07) is 14.0. The van der Waals surface area contributed by atoms with Crippen molar-refractivity contribution in [1.29, 1.82) is 5.26 Å². The molecular formula is C14H9N3S. The van der Waals surface area contributed by atoms with Crippen molar-refractivity contribution in [3.63, 3.8) is 0 Å². The van der Waals surface area contributed by atoms with E-state index in [1.54, 1.807) is 6.20 Å². The van der Waals surface area contributed by atoms with Gasteiger partial charge in [0.15, 0.2) is 0 Å². The Morgan fingerprint density at radius 3 is 2.72 bits per heavy atom. The summed E-state index contributed by atoms with van der Waals surface area (Å²) in [7, 11) is 0. The summed E-state index contributed by atoms with van der Waals surface area (Å²) < 4.78 is 1.99. The first-order chi connectivity index (χ1) is 8.90. The van der Waals surface area contributed by atoms with Gasteiger partial charge in [-0.15, -0.1) is 0 Å². The molecule has 0 radical (unpaired) electrons. The Morgan fingerprint density at radius 2 is 1.94 bits per heavy atom. The molecule has 0 saturated heterocycles. The second kappa shape index (κ2) is 4.55. The highest BCUT2D eigenvalue weighted by atomic mass is 32.2. The molecule has 0 aliphatic carbocycles. The van der Waals surface area contributed by atoms with Crippen molar-refractivity contribution in [3.8, 4) is 16.7 Å². The van der Waals surface area contributed by atoms with Crippen LogP contribution < -0.4 is 0 Å². The monoisotopic (exact) mass is 251 g/mol. The molecule has 0 bridgehead atoms. The van der Waals surface area contributed by atoms with Gasteiger partial charge in [-0.05, 0) is 12.1 Å². The predicted molar refractivity (Wildman–Crippen MR) is 72.1 cm³/mol. The normalized spacial score (nSPS) is 10.4. The van der Waals surface area contributed by atoms with Crippen molar-refractivity contribution in [2.24, 2.45) is 0 Å². The van der Waals surface area contributed by atoms with Crippen LogP contribution in [0.3, 0.4) is 0 Å². The summed E-state index contributed by atoms with van der Waals surface area (Å²) in [6.07, 6.45) is 3.64. The van der Waals surface area contributed by atoms with Crippen molar-refractivity contribution in [1.82, 2.24) is 9.38 Å². The Kier molecular flexibility index (Phi) is 2.75. The Bertz CT molecular complexity index is 726. The van der Waals surface area contributed by atoms with Gasteiger partial charge in [-0.1, -0.05) is 30.3 Å². The first-order valence-electron chi connectivity index (χ1n) is 5.47. The average molecular weight is 251 g/mol. The summed E-state index contributed by atoms with van der Waals surface area (Å²) in [6.45, 7) is 0. The predicted octanol–water partition coefficient (Wildman–Crippen LogP) is 3.57. The Hall–Kier alpha value is -2.25. The summed E-state index contributed by atoms with van der Waals surface area (Å²) >= 11 is 1.16. The standard InChI is InChI=1S/C14H9N3S/c15-10-18-13-7-6-12-14(16-8-9-17(12)13)11-4-2-1-3-5-11/h1-9H. The van der Waals surface area contributed by atoms with Gasteiger partial charge in [0.25, 0.3) is 0 Å². The van der Waals surface area contributed by atoms with Crippen LogP contribution in [-0.4, -0.2) is 9.38 Å². The van der Waals surface area contributed by atoms with Crippen LogP contribution in [0.4, 0.5) is 0 Å².